The number of para-hydroxylation sites is 1. The third-order valence-electron chi connectivity index (χ3n) is 3.91. The zero-order chi connectivity index (χ0) is 16.4. The van der Waals surface area contributed by atoms with Crippen molar-refractivity contribution >= 4 is 29.2 Å². The summed E-state index contributed by atoms with van der Waals surface area (Å²) in [6, 6.07) is 15.9. The second-order valence-corrected chi connectivity index (χ2v) is 5.90. The van der Waals surface area contributed by atoms with Crippen LogP contribution in [0.5, 0.6) is 0 Å². The van der Waals surface area contributed by atoms with Gasteiger partial charge in [-0.1, -0.05) is 42.5 Å². The van der Waals surface area contributed by atoms with Crippen LogP contribution in [0, 0.1) is 0 Å². The number of hydrogen-bond acceptors (Lipinski definition) is 3. The van der Waals surface area contributed by atoms with Gasteiger partial charge in [-0.05, 0) is 24.6 Å². The summed E-state index contributed by atoms with van der Waals surface area (Å²) in [6.07, 6.45) is -0.507. The van der Waals surface area contributed by atoms with E-state index in [2.05, 4.69) is 0 Å². The van der Waals surface area contributed by atoms with E-state index < -0.39 is 17.5 Å². The van der Waals surface area contributed by atoms with Crippen LogP contribution in [0.2, 0.25) is 0 Å². The van der Waals surface area contributed by atoms with Gasteiger partial charge in [0.2, 0.25) is 0 Å². The van der Waals surface area contributed by atoms with E-state index in [-0.39, 0.29) is 12.4 Å². The largest absolute Gasteiger partial charge is 0.444 e. The van der Waals surface area contributed by atoms with Crippen LogP contribution in [0.1, 0.15) is 22.8 Å². The predicted octanol–water partition coefficient (Wildman–Crippen LogP) is 4.02. The molecule has 2 atom stereocenters. The number of alkyl halides is 1. The minimum atomic E-state index is -0.783. The molecule has 0 spiro atoms. The van der Waals surface area contributed by atoms with Crippen molar-refractivity contribution < 1.29 is 14.3 Å². The first kappa shape index (κ1) is 15.6. The standard InChI is InChI=1S/C18H16ClNO3/c1-12-16(19)17(21)14-9-5-6-10-15(14)20(12)18(22)23-11-13-7-3-2-4-8-13/h2-10,12,16H,11H2,1H3/t12-,16-/m1/s1. The molecular weight excluding hydrogens is 314 g/mol. The maximum Gasteiger partial charge on any atom is 0.414 e. The van der Waals surface area contributed by atoms with Crippen LogP contribution < -0.4 is 4.90 Å². The highest BCUT2D eigenvalue weighted by molar-refractivity contribution is 6.36. The van der Waals surface area contributed by atoms with Crippen molar-refractivity contribution in [1.82, 2.24) is 0 Å². The molecule has 2 aromatic carbocycles. The minimum Gasteiger partial charge on any atom is -0.444 e. The maximum absolute atomic E-state index is 12.5. The van der Waals surface area contributed by atoms with Crippen LogP contribution in [0.15, 0.2) is 54.6 Å². The Labute approximate surface area is 139 Å². The average molecular weight is 330 g/mol. The Morgan fingerprint density at radius 1 is 1.13 bits per heavy atom. The Morgan fingerprint density at radius 3 is 2.52 bits per heavy atom. The van der Waals surface area contributed by atoms with Crippen LogP contribution in [0.3, 0.4) is 0 Å². The second-order valence-electron chi connectivity index (χ2n) is 5.43. The summed E-state index contributed by atoms with van der Waals surface area (Å²) < 4.78 is 5.40. The fourth-order valence-corrected chi connectivity index (χ4v) is 2.89. The molecule has 1 aliphatic rings. The van der Waals surface area contributed by atoms with Crippen LogP contribution in [0.4, 0.5) is 10.5 Å². The van der Waals surface area contributed by atoms with E-state index in [4.69, 9.17) is 16.3 Å². The van der Waals surface area contributed by atoms with Crippen molar-refractivity contribution in [2.45, 2.75) is 24.9 Å². The molecule has 2 aromatic rings. The summed E-state index contributed by atoms with van der Waals surface area (Å²) in [5.41, 5.74) is 1.89. The Bertz CT molecular complexity index is 732. The van der Waals surface area contributed by atoms with E-state index in [1.54, 1.807) is 31.2 Å². The maximum atomic E-state index is 12.5. The highest BCUT2D eigenvalue weighted by atomic mass is 35.5. The van der Waals surface area contributed by atoms with E-state index in [1.165, 1.54) is 4.90 Å². The van der Waals surface area contributed by atoms with Gasteiger partial charge in [-0.2, -0.15) is 0 Å². The summed E-state index contributed by atoms with van der Waals surface area (Å²) in [4.78, 5) is 26.2. The number of hydrogen-bond donors (Lipinski definition) is 0. The number of ether oxygens (including phenoxy) is 1. The fraction of sp³-hybridized carbons (Fsp3) is 0.222. The Kier molecular flexibility index (Phi) is 4.35. The highest BCUT2D eigenvalue weighted by Crippen LogP contribution is 2.33. The number of amides is 1. The number of benzene rings is 2. The molecule has 0 fully saturated rings. The molecule has 4 nitrogen and oxygen atoms in total. The summed E-state index contributed by atoms with van der Waals surface area (Å²) in [5, 5.41) is -0.783. The molecule has 0 unspecified atom stereocenters. The lowest BCUT2D eigenvalue weighted by Crippen LogP contribution is -2.50. The van der Waals surface area contributed by atoms with Gasteiger partial charge in [-0.15, -0.1) is 11.6 Å². The number of anilines is 1. The van der Waals surface area contributed by atoms with E-state index in [1.807, 2.05) is 30.3 Å². The molecule has 0 N–H and O–H groups in total. The van der Waals surface area contributed by atoms with E-state index >= 15 is 0 Å². The predicted molar refractivity (Wildman–Crippen MR) is 89.0 cm³/mol. The van der Waals surface area contributed by atoms with Crippen molar-refractivity contribution in [1.29, 1.82) is 0 Å². The van der Waals surface area contributed by atoms with E-state index in [0.29, 0.717) is 11.3 Å². The van der Waals surface area contributed by atoms with Crippen LogP contribution in [-0.2, 0) is 11.3 Å². The number of rotatable bonds is 2. The van der Waals surface area contributed by atoms with Crippen molar-refractivity contribution in [3.8, 4) is 0 Å². The van der Waals surface area contributed by atoms with Gasteiger partial charge in [0, 0.05) is 5.56 Å². The highest BCUT2D eigenvalue weighted by Gasteiger charge is 2.40. The quantitative estimate of drug-likeness (QED) is 0.782. The second kappa shape index (κ2) is 6.42. The lowest BCUT2D eigenvalue weighted by molar-refractivity contribution is 0.0969. The molecule has 0 aromatic heterocycles. The smallest absolute Gasteiger partial charge is 0.414 e. The molecule has 5 heteroatoms. The van der Waals surface area contributed by atoms with Gasteiger partial charge in [0.15, 0.2) is 5.78 Å². The van der Waals surface area contributed by atoms with Crippen molar-refractivity contribution in [2.24, 2.45) is 0 Å². The molecule has 1 aliphatic heterocycles. The minimum absolute atomic E-state index is 0.165. The molecule has 0 radical (unpaired) electrons. The number of halogens is 1. The van der Waals surface area contributed by atoms with Gasteiger partial charge in [-0.25, -0.2) is 4.79 Å². The van der Waals surface area contributed by atoms with Crippen molar-refractivity contribution in [3.63, 3.8) is 0 Å². The van der Waals surface area contributed by atoms with Gasteiger partial charge in [0.25, 0.3) is 0 Å². The average Bonchev–Trinajstić information content (AvgIpc) is 2.59. The lowest BCUT2D eigenvalue weighted by Gasteiger charge is -2.36. The molecule has 3 rings (SSSR count). The molecule has 1 heterocycles. The normalized spacial score (nSPS) is 20.1. The van der Waals surface area contributed by atoms with Gasteiger partial charge in [0.1, 0.15) is 12.0 Å². The van der Waals surface area contributed by atoms with Crippen molar-refractivity contribution in [3.05, 3.63) is 65.7 Å². The molecule has 1 amide bonds. The topological polar surface area (TPSA) is 46.6 Å². The van der Waals surface area contributed by atoms with Gasteiger partial charge in [-0.3, -0.25) is 9.69 Å². The molecule has 118 valence electrons. The van der Waals surface area contributed by atoms with Crippen molar-refractivity contribution in [2.75, 3.05) is 4.90 Å². The Balaban J connectivity index is 1.84. The van der Waals surface area contributed by atoms with Gasteiger partial charge in [0.05, 0.1) is 11.7 Å². The fourth-order valence-electron chi connectivity index (χ4n) is 2.66. The number of ketones is 1. The number of carbonyl (C=O) groups excluding carboxylic acids is 2. The zero-order valence-electron chi connectivity index (χ0n) is 12.6. The third-order valence-corrected chi connectivity index (χ3v) is 4.48. The SMILES string of the molecule is C[C@@H]1[C@@H](Cl)C(=O)c2ccccc2N1C(=O)OCc1ccccc1. The number of nitrogens with zero attached hydrogens (tertiary/aromatic N) is 1. The number of carbonyl (C=O) groups is 2. The number of fused-ring (bicyclic) bond motifs is 1. The summed E-state index contributed by atoms with van der Waals surface area (Å²) in [6.45, 7) is 1.92. The third kappa shape index (κ3) is 2.94. The van der Waals surface area contributed by atoms with Gasteiger partial charge >= 0.3 is 6.09 Å². The first-order valence-electron chi connectivity index (χ1n) is 7.37. The molecule has 0 bridgehead atoms. The van der Waals surface area contributed by atoms with Crippen LogP contribution in [0.25, 0.3) is 0 Å². The molecule has 0 saturated heterocycles. The van der Waals surface area contributed by atoms with Crippen LogP contribution >= 0.6 is 11.6 Å². The Morgan fingerprint density at radius 2 is 1.78 bits per heavy atom. The van der Waals surface area contributed by atoms with E-state index in [0.717, 1.165) is 5.56 Å². The molecule has 0 aliphatic carbocycles. The summed E-state index contributed by atoms with van der Waals surface area (Å²) in [7, 11) is 0. The zero-order valence-corrected chi connectivity index (χ0v) is 13.4. The molecule has 0 saturated carbocycles. The van der Waals surface area contributed by atoms with Crippen LogP contribution in [-0.4, -0.2) is 23.3 Å². The lowest BCUT2D eigenvalue weighted by atomic mass is 9.95. The Hall–Kier alpha value is -2.33. The molecule has 23 heavy (non-hydrogen) atoms. The van der Waals surface area contributed by atoms with Gasteiger partial charge < -0.3 is 4.74 Å². The number of Topliss-reactive ketones (excluding diaryl/α,β-unsaturated/α-hetero) is 1. The molecular formula is C18H16ClNO3. The first-order valence-corrected chi connectivity index (χ1v) is 7.80. The summed E-state index contributed by atoms with van der Waals surface area (Å²) >= 11 is 6.20. The first-order chi connectivity index (χ1) is 11.1. The summed E-state index contributed by atoms with van der Waals surface area (Å²) in [5.74, 6) is -0.165. The monoisotopic (exact) mass is 329 g/mol. The van der Waals surface area contributed by atoms with E-state index in [9.17, 15) is 9.59 Å².